The van der Waals surface area contributed by atoms with Gasteiger partial charge >= 0.3 is 5.69 Å². The highest BCUT2D eigenvalue weighted by Gasteiger charge is 2.24. The van der Waals surface area contributed by atoms with Gasteiger partial charge in [-0.25, -0.2) is 13.6 Å². The van der Waals surface area contributed by atoms with Gasteiger partial charge in [-0.15, -0.1) is 12.4 Å². The van der Waals surface area contributed by atoms with Crippen LogP contribution >= 0.6 is 12.4 Å². The molecule has 4 nitrogen and oxygen atoms in total. The standard InChI is InChI=1S/C29H31F2N3O.ClH/c1-32-27-6-2-3-7-28(27)34(29(32)35)25-16-19-33(20-17-25)18-4-5-26(21-8-12-23(30)13-9-21)22-10-14-24(31)15-11-22;/h2-3,6-15,25-26H,4-5,16-20H2,1H3;1H. The summed E-state index contributed by atoms with van der Waals surface area (Å²) >= 11 is 0. The van der Waals surface area contributed by atoms with E-state index in [1.54, 1.807) is 4.57 Å². The van der Waals surface area contributed by atoms with Crippen molar-refractivity contribution in [2.24, 2.45) is 7.05 Å². The summed E-state index contributed by atoms with van der Waals surface area (Å²) in [6, 6.07) is 21.5. The zero-order chi connectivity index (χ0) is 24.4. The van der Waals surface area contributed by atoms with Crippen molar-refractivity contribution >= 4 is 23.4 Å². The molecule has 0 aliphatic carbocycles. The van der Waals surface area contributed by atoms with Gasteiger partial charge in [0.05, 0.1) is 11.0 Å². The van der Waals surface area contributed by atoms with Gasteiger partial charge in [0.2, 0.25) is 0 Å². The summed E-state index contributed by atoms with van der Waals surface area (Å²) in [5.41, 5.74) is 4.15. The summed E-state index contributed by atoms with van der Waals surface area (Å²) in [5, 5.41) is 0. The summed E-state index contributed by atoms with van der Waals surface area (Å²) in [7, 11) is 1.84. The number of nitrogens with zero attached hydrogens (tertiary/aromatic N) is 3. The van der Waals surface area contributed by atoms with Gasteiger partial charge in [-0.3, -0.25) is 9.13 Å². The average molecular weight is 512 g/mol. The first kappa shape index (κ1) is 26.1. The Labute approximate surface area is 216 Å². The molecule has 4 aromatic rings. The highest BCUT2D eigenvalue weighted by Crippen LogP contribution is 2.31. The van der Waals surface area contributed by atoms with Crippen molar-refractivity contribution in [2.45, 2.75) is 37.6 Å². The lowest BCUT2D eigenvalue weighted by Crippen LogP contribution is -2.38. The van der Waals surface area contributed by atoms with Crippen LogP contribution in [0.15, 0.2) is 77.6 Å². The first-order chi connectivity index (χ1) is 17.0. The molecule has 0 saturated carbocycles. The zero-order valence-electron chi connectivity index (χ0n) is 20.4. The van der Waals surface area contributed by atoms with E-state index in [1.165, 1.54) is 24.3 Å². The second kappa shape index (κ2) is 11.4. The first-order valence-corrected chi connectivity index (χ1v) is 12.4. The lowest BCUT2D eigenvalue weighted by molar-refractivity contribution is 0.183. The monoisotopic (exact) mass is 511 g/mol. The van der Waals surface area contributed by atoms with Gasteiger partial charge in [-0.05, 0) is 79.8 Å². The largest absolute Gasteiger partial charge is 0.329 e. The number of hydrogen-bond donors (Lipinski definition) is 0. The normalized spacial score (nSPS) is 14.9. The van der Waals surface area contributed by atoms with E-state index in [-0.39, 0.29) is 41.7 Å². The Hall–Kier alpha value is -2.96. The Morgan fingerprint density at radius 1 is 0.833 bits per heavy atom. The molecule has 1 aliphatic heterocycles. The molecule has 0 bridgehead atoms. The second-order valence-electron chi connectivity index (χ2n) is 9.57. The van der Waals surface area contributed by atoms with Crippen LogP contribution in [0.25, 0.3) is 11.0 Å². The Balaban J connectivity index is 0.00000304. The number of para-hydroxylation sites is 2. The average Bonchev–Trinajstić information content (AvgIpc) is 3.14. The number of rotatable bonds is 7. The third-order valence-corrected chi connectivity index (χ3v) is 7.43. The predicted octanol–water partition coefficient (Wildman–Crippen LogP) is 6.29. The van der Waals surface area contributed by atoms with Crippen molar-refractivity contribution in [3.8, 4) is 0 Å². The summed E-state index contributed by atoms with van der Waals surface area (Å²) in [6.07, 6.45) is 3.79. The molecule has 0 N–H and O–H groups in total. The van der Waals surface area contributed by atoms with Gasteiger partial charge in [0.15, 0.2) is 0 Å². The van der Waals surface area contributed by atoms with Crippen LogP contribution in [-0.4, -0.2) is 33.7 Å². The molecule has 1 saturated heterocycles. The Bertz CT molecular complexity index is 1290. The Morgan fingerprint density at radius 2 is 1.36 bits per heavy atom. The SMILES string of the molecule is Cl.Cn1c(=O)n(C2CCN(CCCC(c3ccc(F)cc3)c3ccc(F)cc3)CC2)c2ccccc21. The van der Waals surface area contributed by atoms with Crippen molar-refractivity contribution in [1.29, 1.82) is 0 Å². The van der Waals surface area contributed by atoms with E-state index in [9.17, 15) is 13.6 Å². The molecule has 1 aliphatic rings. The minimum atomic E-state index is -0.250. The minimum absolute atomic E-state index is 0. The van der Waals surface area contributed by atoms with E-state index in [0.717, 1.165) is 67.5 Å². The predicted molar refractivity (Wildman–Crippen MR) is 143 cm³/mol. The van der Waals surface area contributed by atoms with E-state index in [0.29, 0.717) is 0 Å². The molecule has 2 heterocycles. The molecule has 0 amide bonds. The third kappa shape index (κ3) is 5.40. The van der Waals surface area contributed by atoms with Gasteiger partial charge in [0.1, 0.15) is 11.6 Å². The summed E-state index contributed by atoms with van der Waals surface area (Å²) in [5.74, 6) is -0.400. The number of fused-ring (bicyclic) bond motifs is 1. The van der Waals surface area contributed by atoms with Crippen molar-refractivity contribution in [2.75, 3.05) is 19.6 Å². The molecule has 7 heteroatoms. The molecule has 1 aromatic heterocycles. The van der Waals surface area contributed by atoms with E-state index < -0.39 is 0 Å². The van der Waals surface area contributed by atoms with Gasteiger partial charge in [0.25, 0.3) is 0 Å². The molecule has 0 radical (unpaired) electrons. The van der Waals surface area contributed by atoms with Crippen molar-refractivity contribution < 1.29 is 8.78 Å². The summed E-state index contributed by atoms with van der Waals surface area (Å²) in [6.45, 7) is 2.88. The van der Waals surface area contributed by atoms with Crippen LogP contribution in [0.5, 0.6) is 0 Å². The van der Waals surface area contributed by atoms with E-state index in [2.05, 4.69) is 4.90 Å². The minimum Gasteiger partial charge on any atom is -0.303 e. The molecule has 1 fully saturated rings. The van der Waals surface area contributed by atoms with E-state index in [1.807, 2.05) is 60.1 Å². The summed E-state index contributed by atoms with van der Waals surface area (Å²) in [4.78, 5) is 15.4. The van der Waals surface area contributed by atoms with Crippen molar-refractivity contribution in [3.63, 3.8) is 0 Å². The number of benzene rings is 3. The number of aryl methyl sites for hydroxylation is 1. The van der Waals surface area contributed by atoms with Crippen LogP contribution in [0.1, 0.15) is 48.8 Å². The molecular formula is C29H32ClF2N3O. The van der Waals surface area contributed by atoms with Gasteiger partial charge in [-0.2, -0.15) is 0 Å². The number of imidazole rings is 1. The highest BCUT2D eigenvalue weighted by molar-refractivity contribution is 5.85. The molecule has 3 aromatic carbocycles. The first-order valence-electron chi connectivity index (χ1n) is 12.4. The second-order valence-corrected chi connectivity index (χ2v) is 9.57. The molecule has 0 spiro atoms. The van der Waals surface area contributed by atoms with Crippen LogP contribution in [-0.2, 0) is 7.05 Å². The van der Waals surface area contributed by atoms with E-state index >= 15 is 0 Å². The van der Waals surface area contributed by atoms with Gasteiger partial charge in [0, 0.05) is 32.1 Å². The number of aromatic nitrogens is 2. The topological polar surface area (TPSA) is 30.2 Å². The lowest BCUT2D eigenvalue weighted by atomic mass is 9.87. The van der Waals surface area contributed by atoms with Crippen molar-refractivity contribution in [3.05, 3.63) is 106 Å². The zero-order valence-corrected chi connectivity index (χ0v) is 21.3. The number of piperidine rings is 1. The fourth-order valence-electron chi connectivity index (χ4n) is 5.51. The van der Waals surface area contributed by atoms with Crippen LogP contribution in [0.3, 0.4) is 0 Å². The Kier molecular flexibility index (Phi) is 8.27. The maximum atomic E-state index is 13.5. The van der Waals surface area contributed by atoms with Crippen molar-refractivity contribution in [1.82, 2.24) is 14.0 Å². The lowest BCUT2D eigenvalue weighted by Gasteiger charge is -2.33. The van der Waals surface area contributed by atoms with Crippen LogP contribution in [0, 0.1) is 11.6 Å². The van der Waals surface area contributed by atoms with Crippen LogP contribution in [0.4, 0.5) is 8.78 Å². The molecule has 190 valence electrons. The van der Waals surface area contributed by atoms with E-state index in [4.69, 9.17) is 0 Å². The molecule has 0 unspecified atom stereocenters. The fraction of sp³-hybridized carbons (Fsp3) is 0.345. The van der Waals surface area contributed by atoms with Crippen LogP contribution < -0.4 is 5.69 Å². The molecular weight excluding hydrogens is 480 g/mol. The molecule has 5 rings (SSSR count). The number of halogens is 3. The molecule has 36 heavy (non-hydrogen) atoms. The molecule has 0 atom stereocenters. The highest BCUT2D eigenvalue weighted by atomic mass is 35.5. The smallest absolute Gasteiger partial charge is 0.303 e. The van der Waals surface area contributed by atoms with Gasteiger partial charge < -0.3 is 4.90 Å². The number of likely N-dealkylation sites (tertiary alicyclic amines) is 1. The van der Waals surface area contributed by atoms with Crippen LogP contribution in [0.2, 0.25) is 0 Å². The fourth-order valence-corrected chi connectivity index (χ4v) is 5.51. The van der Waals surface area contributed by atoms with Gasteiger partial charge in [-0.1, -0.05) is 36.4 Å². The maximum absolute atomic E-state index is 13.5. The number of hydrogen-bond acceptors (Lipinski definition) is 2. The Morgan fingerprint density at radius 3 is 1.92 bits per heavy atom. The maximum Gasteiger partial charge on any atom is 0.329 e. The quantitative estimate of drug-likeness (QED) is 0.292. The summed E-state index contributed by atoms with van der Waals surface area (Å²) < 4.78 is 30.7. The third-order valence-electron chi connectivity index (χ3n) is 7.43.